The molecule has 0 amide bonds. The largest absolute Gasteiger partial charge is 0.309 e. The Morgan fingerprint density at radius 3 is 2.70 bits per heavy atom. The first-order valence-corrected chi connectivity index (χ1v) is 8.73. The highest BCUT2D eigenvalue weighted by atomic mass is 79.9. The maximum Gasteiger partial charge on any atom is 0.0766 e. The number of aromatic nitrogens is 2. The minimum atomic E-state index is 0.358. The molecule has 1 N–H and O–H groups in total. The SMILES string of the molecule is CCNC(Cc1c(Br)c(CC)nn1C)c1sccc1C. The Morgan fingerprint density at radius 1 is 1.45 bits per heavy atom. The van der Waals surface area contributed by atoms with Crippen molar-refractivity contribution in [3.05, 3.63) is 37.7 Å². The molecule has 0 aromatic carbocycles. The third-order valence-corrected chi connectivity index (χ3v) is 5.62. The van der Waals surface area contributed by atoms with Crippen molar-refractivity contribution in [2.24, 2.45) is 7.05 Å². The van der Waals surface area contributed by atoms with Crippen LogP contribution in [0.3, 0.4) is 0 Å². The van der Waals surface area contributed by atoms with Crippen LogP contribution in [-0.4, -0.2) is 16.3 Å². The molecule has 0 fully saturated rings. The van der Waals surface area contributed by atoms with E-state index in [0.717, 1.165) is 25.1 Å². The van der Waals surface area contributed by atoms with Gasteiger partial charge in [0.2, 0.25) is 0 Å². The van der Waals surface area contributed by atoms with Gasteiger partial charge in [-0.05, 0) is 52.8 Å². The average Bonchev–Trinajstić information content (AvgIpc) is 2.96. The van der Waals surface area contributed by atoms with E-state index in [1.54, 1.807) is 0 Å². The zero-order valence-electron chi connectivity index (χ0n) is 12.5. The molecule has 20 heavy (non-hydrogen) atoms. The lowest BCUT2D eigenvalue weighted by molar-refractivity contribution is 0.533. The highest BCUT2D eigenvalue weighted by Gasteiger charge is 2.20. The number of nitrogens with one attached hydrogen (secondary N) is 1. The molecular formula is C15H22BrN3S. The molecule has 2 aromatic heterocycles. The quantitative estimate of drug-likeness (QED) is 0.848. The van der Waals surface area contributed by atoms with Crippen LogP contribution >= 0.6 is 27.3 Å². The van der Waals surface area contributed by atoms with E-state index in [1.165, 1.54) is 20.6 Å². The van der Waals surface area contributed by atoms with E-state index >= 15 is 0 Å². The van der Waals surface area contributed by atoms with E-state index < -0.39 is 0 Å². The molecule has 110 valence electrons. The number of hydrogen-bond acceptors (Lipinski definition) is 3. The van der Waals surface area contributed by atoms with Gasteiger partial charge in [0.05, 0.1) is 15.9 Å². The van der Waals surface area contributed by atoms with Crippen molar-refractivity contribution in [1.29, 1.82) is 0 Å². The second kappa shape index (κ2) is 6.87. The van der Waals surface area contributed by atoms with Crippen molar-refractivity contribution in [3.8, 4) is 0 Å². The molecule has 0 bridgehead atoms. The predicted octanol–water partition coefficient (Wildman–Crippen LogP) is 4.01. The molecule has 0 aliphatic heterocycles. The third-order valence-electron chi connectivity index (χ3n) is 3.57. The van der Waals surface area contributed by atoms with Gasteiger partial charge in [-0.15, -0.1) is 11.3 Å². The first-order chi connectivity index (χ1) is 9.58. The summed E-state index contributed by atoms with van der Waals surface area (Å²) in [6, 6.07) is 2.55. The van der Waals surface area contributed by atoms with E-state index in [9.17, 15) is 0 Å². The normalized spacial score (nSPS) is 12.8. The van der Waals surface area contributed by atoms with Crippen LogP contribution < -0.4 is 5.32 Å². The predicted molar refractivity (Wildman–Crippen MR) is 89.5 cm³/mol. The summed E-state index contributed by atoms with van der Waals surface area (Å²) < 4.78 is 3.18. The maximum atomic E-state index is 4.59. The molecule has 5 heteroatoms. The van der Waals surface area contributed by atoms with Crippen LogP contribution in [0.5, 0.6) is 0 Å². The molecule has 1 atom stereocenters. The average molecular weight is 356 g/mol. The number of rotatable bonds is 6. The molecular weight excluding hydrogens is 334 g/mol. The van der Waals surface area contributed by atoms with Crippen LogP contribution in [0.15, 0.2) is 15.9 Å². The van der Waals surface area contributed by atoms with Gasteiger partial charge in [-0.25, -0.2) is 0 Å². The number of aryl methyl sites for hydroxylation is 3. The molecule has 2 heterocycles. The summed E-state index contributed by atoms with van der Waals surface area (Å²) in [5.41, 5.74) is 3.77. The number of nitrogens with zero attached hydrogens (tertiary/aromatic N) is 2. The van der Waals surface area contributed by atoms with Gasteiger partial charge in [-0.2, -0.15) is 5.10 Å². The number of likely N-dealkylation sites (N-methyl/N-ethyl adjacent to an activating group) is 1. The van der Waals surface area contributed by atoms with Crippen LogP contribution in [-0.2, 0) is 19.9 Å². The van der Waals surface area contributed by atoms with Gasteiger partial charge in [0.1, 0.15) is 0 Å². The molecule has 0 saturated carbocycles. The molecule has 2 aromatic rings. The Kier molecular flexibility index (Phi) is 5.41. The van der Waals surface area contributed by atoms with Crippen molar-refractivity contribution < 1.29 is 0 Å². The minimum absolute atomic E-state index is 0.358. The molecule has 0 spiro atoms. The first-order valence-electron chi connectivity index (χ1n) is 7.06. The summed E-state index contributed by atoms with van der Waals surface area (Å²) in [7, 11) is 2.03. The van der Waals surface area contributed by atoms with E-state index in [-0.39, 0.29) is 0 Å². The fraction of sp³-hybridized carbons (Fsp3) is 0.533. The standard InChI is InChI=1S/C15H22BrN3S/c1-5-11-14(16)13(19(4)18-11)9-12(17-6-2)15-10(3)7-8-20-15/h7-8,12,17H,5-6,9H2,1-4H3. The fourth-order valence-electron chi connectivity index (χ4n) is 2.48. The molecule has 0 aliphatic carbocycles. The maximum absolute atomic E-state index is 4.59. The van der Waals surface area contributed by atoms with Gasteiger partial charge >= 0.3 is 0 Å². The van der Waals surface area contributed by atoms with Crippen molar-refractivity contribution in [2.45, 2.75) is 39.7 Å². The van der Waals surface area contributed by atoms with Crippen LogP contribution in [0.25, 0.3) is 0 Å². The van der Waals surface area contributed by atoms with Crippen LogP contribution in [0.2, 0.25) is 0 Å². The van der Waals surface area contributed by atoms with Crippen LogP contribution in [0.4, 0.5) is 0 Å². The number of halogens is 1. The Labute approximate surface area is 133 Å². The lowest BCUT2D eigenvalue weighted by atomic mass is 10.1. The van der Waals surface area contributed by atoms with Gasteiger partial charge in [0, 0.05) is 24.4 Å². The monoisotopic (exact) mass is 355 g/mol. The van der Waals surface area contributed by atoms with Gasteiger partial charge in [0.15, 0.2) is 0 Å². The summed E-state index contributed by atoms with van der Waals surface area (Å²) in [6.07, 6.45) is 1.91. The van der Waals surface area contributed by atoms with E-state index in [4.69, 9.17) is 0 Å². The summed E-state index contributed by atoms with van der Waals surface area (Å²) in [6.45, 7) is 7.46. The molecule has 0 radical (unpaired) electrons. The van der Waals surface area contributed by atoms with Gasteiger partial charge < -0.3 is 5.32 Å². The Hall–Kier alpha value is -0.650. The van der Waals surface area contributed by atoms with Gasteiger partial charge in [-0.1, -0.05) is 13.8 Å². The Balaban J connectivity index is 2.29. The van der Waals surface area contributed by atoms with Crippen molar-refractivity contribution in [1.82, 2.24) is 15.1 Å². The molecule has 0 aliphatic rings. The van der Waals surface area contributed by atoms with Gasteiger partial charge in [-0.3, -0.25) is 4.68 Å². The number of thiophene rings is 1. The Bertz CT molecular complexity index is 574. The summed E-state index contributed by atoms with van der Waals surface area (Å²) in [5.74, 6) is 0. The highest BCUT2D eigenvalue weighted by Crippen LogP contribution is 2.30. The van der Waals surface area contributed by atoms with E-state index in [1.807, 2.05) is 23.1 Å². The number of hydrogen-bond donors (Lipinski definition) is 1. The van der Waals surface area contributed by atoms with Crippen molar-refractivity contribution in [2.75, 3.05) is 6.54 Å². The molecule has 2 rings (SSSR count). The first kappa shape index (κ1) is 15.7. The fourth-order valence-corrected chi connectivity index (χ4v) is 4.26. The molecule has 1 unspecified atom stereocenters. The van der Waals surface area contributed by atoms with E-state index in [2.05, 4.69) is 58.6 Å². The molecule has 3 nitrogen and oxygen atoms in total. The summed E-state index contributed by atoms with van der Waals surface area (Å²) >= 11 is 5.55. The smallest absolute Gasteiger partial charge is 0.0766 e. The second-order valence-electron chi connectivity index (χ2n) is 4.97. The minimum Gasteiger partial charge on any atom is -0.309 e. The van der Waals surface area contributed by atoms with Crippen molar-refractivity contribution >= 4 is 27.3 Å². The third kappa shape index (κ3) is 3.15. The van der Waals surface area contributed by atoms with E-state index in [0.29, 0.717) is 6.04 Å². The van der Waals surface area contributed by atoms with Crippen molar-refractivity contribution in [3.63, 3.8) is 0 Å². The summed E-state index contributed by atoms with van der Waals surface area (Å²) in [5, 5.41) is 10.4. The topological polar surface area (TPSA) is 29.9 Å². The second-order valence-corrected chi connectivity index (χ2v) is 6.71. The zero-order chi connectivity index (χ0) is 14.7. The van der Waals surface area contributed by atoms with Crippen LogP contribution in [0.1, 0.15) is 41.7 Å². The lowest BCUT2D eigenvalue weighted by Gasteiger charge is -2.18. The van der Waals surface area contributed by atoms with Gasteiger partial charge in [0.25, 0.3) is 0 Å². The zero-order valence-corrected chi connectivity index (χ0v) is 14.9. The van der Waals surface area contributed by atoms with Crippen LogP contribution in [0, 0.1) is 6.92 Å². The Morgan fingerprint density at radius 2 is 2.20 bits per heavy atom. The molecule has 0 saturated heterocycles. The summed E-state index contributed by atoms with van der Waals surface area (Å²) in [4.78, 5) is 1.43. The lowest BCUT2D eigenvalue weighted by Crippen LogP contribution is -2.23. The highest BCUT2D eigenvalue weighted by molar-refractivity contribution is 9.10.